The second-order valence-electron chi connectivity index (χ2n) is 12.1. The van der Waals surface area contributed by atoms with Crippen LogP contribution in [0.2, 0.25) is 0 Å². The molecule has 2 N–H and O–H groups in total. The molecule has 17 nitrogen and oxygen atoms in total. The van der Waals surface area contributed by atoms with Crippen molar-refractivity contribution in [3.05, 3.63) is 76.7 Å². The average Bonchev–Trinajstić information content (AvgIpc) is 3.12. The van der Waals surface area contributed by atoms with Gasteiger partial charge in [-0.15, -0.1) is 0 Å². The number of hydrogen-bond donors (Lipinski definition) is 2. The number of alkyl halides is 3. The summed E-state index contributed by atoms with van der Waals surface area (Å²) in [4.78, 5) is 53.2. The highest BCUT2D eigenvalue weighted by molar-refractivity contribution is 7.99. The van der Waals surface area contributed by atoms with Gasteiger partial charge in [0.25, 0.3) is 0 Å². The van der Waals surface area contributed by atoms with Crippen LogP contribution in [0.25, 0.3) is 10.4 Å². The molecular weight excluding hydrogens is 811 g/mol. The highest BCUT2D eigenvalue weighted by atomic mass is 35.6. The Bertz CT molecular complexity index is 1640. The second kappa shape index (κ2) is 21.1. The lowest BCUT2D eigenvalue weighted by atomic mass is 9.96. The molecule has 4 rings (SSSR count). The molecule has 0 aromatic heterocycles. The highest BCUT2D eigenvalue weighted by Gasteiger charge is 2.53. The number of hydrogen-bond acceptors (Lipinski definition) is 15. The SMILES string of the molecule is CC(=O)OC[C@H]1O[C@@H](OC[C@H]2O[C@@H](Sc3ccccc3)[C@H](N=[N+]=[N-])[C@@H](O)[C@H]2OCc2ccccc2)[C@H](NC(=O)OCC(Cl)(Cl)Cl)[C@@H](OC(C)=O)[C@@H]1OC(C)=O. The summed E-state index contributed by atoms with van der Waals surface area (Å²) in [6.45, 7) is 1.70. The van der Waals surface area contributed by atoms with Crippen LogP contribution in [0.4, 0.5) is 4.79 Å². The van der Waals surface area contributed by atoms with Crippen LogP contribution >= 0.6 is 46.6 Å². The van der Waals surface area contributed by atoms with Gasteiger partial charge in [0.05, 0.1) is 19.3 Å². The van der Waals surface area contributed by atoms with Crippen molar-refractivity contribution in [2.24, 2.45) is 5.11 Å². The summed E-state index contributed by atoms with van der Waals surface area (Å²) >= 11 is 18.5. The van der Waals surface area contributed by atoms with Gasteiger partial charge >= 0.3 is 24.0 Å². The maximum Gasteiger partial charge on any atom is 0.407 e. The van der Waals surface area contributed by atoms with Gasteiger partial charge in [0.15, 0.2) is 18.5 Å². The molecule has 2 fully saturated rings. The van der Waals surface area contributed by atoms with Crippen LogP contribution in [-0.4, -0.2) is 113 Å². The predicted octanol–water partition coefficient (Wildman–Crippen LogP) is 4.76. The molecule has 300 valence electrons. The normalized spacial score (nSPS) is 27.8. The number of ether oxygens (including phenoxy) is 8. The van der Waals surface area contributed by atoms with Gasteiger partial charge in [-0.05, 0) is 23.2 Å². The minimum Gasteiger partial charge on any atom is -0.463 e. The fourth-order valence-electron chi connectivity index (χ4n) is 5.64. The van der Waals surface area contributed by atoms with Crippen LogP contribution in [0, 0.1) is 0 Å². The first-order chi connectivity index (χ1) is 26.1. The van der Waals surface area contributed by atoms with Crippen LogP contribution in [0.15, 0.2) is 70.7 Å². The van der Waals surface area contributed by atoms with Crippen molar-refractivity contribution in [1.82, 2.24) is 5.32 Å². The molecule has 0 unspecified atom stereocenters. The van der Waals surface area contributed by atoms with Gasteiger partial charge in [-0.2, -0.15) is 0 Å². The number of carbonyl (C=O) groups excluding carboxylic acids is 4. The fraction of sp³-hybridized carbons (Fsp3) is 0.529. The summed E-state index contributed by atoms with van der Waals surface area (Å²) in [5.41, 5.74) is 9.25. The number of alkyl carbamates (subject to hydrolysis) is 1. The Morgan fingerprint density at radius 1 is 0.855 bits per heavy atom. The average molecular weight is 850 g/mol. The maximum absolute atomic E-state index is 13.0. The standard InChI is InChI=1S/C34H39Cl3N4O13S/c1-18(42)47-15-24-29(51-19(2)43)30(52-20(3)44)26(39-33(46)50-17-34(35,36)37)31(53-24)49-16-23-28(48-14-21-10-6-4-7-11-21)27(45)25(40-41-38)32(54-23)55-22-12-8-5-9-13-22/h4-13,23-32,45H,14-17H2,1-3H3,(H,39,46)/t23-,24-,25-,26-,27-,28+,29-,30-,31-,32+/m1/s1. The first kappa shape index (κ1) is 44.2. The molecule has 2 saturated heterocycles. The molecule has 0 aliphatic carbocycles. The molecule has 21 heteroatoms. The molecule has 0 radical (unpaired) electrons. The maximum atomic E-state index is 13.0. The van der Waals surface area contributed by atoms with Gasteiger partial charge in [-0.1, -0.05) is 100 Å². The van der Waals surface area contributed by atoms with Crippen molar-refractivity contribution in [1.29, 1.82) is 0 Å². The van der Waals surface area contributed by atoms with Crippen LogP contribution in [0.1, 0.15) is 26.3 Å². The molecule has 10 atom stereocenters. The van der Waals surface area contributed by atoms with E-state index in [1.807, 2.05) is 48.5 Å². The molecule has 0 spiro atoms. The topological polar surface area (TPSA) is 223 Å². The quantitative estimate of drug-likeness (QED) is 0.0616. The minimum atomic E-state index is -1.99. The predicted molar refractivity (Wildman–Crippen MR) is 196 cm³/mol. The van der Waals surface area contributed by atoms with E-state index in [9.17, 15) is 29.8 Å². The van der Waals surface area contributed by atoms with Crippen molar-refractivity contribution >= 4 is 70.6 Å². The van der Waals surface area contributed by atoms with Crippen LogP contribution < -0.4 is 5.32 Å². The molecule has 1 amide bonds. The Labute approximate surface area is 335 Å². The number of aliphatic hydroxyl groups excluding tert-OH is 1. The number of halogens is 3. The van der Waals surface area contributed by atoms with E-state index in [-0.39, 0.29) is 6.61 Å². The molecule has 2 aliphatic heterocycles. The number of nitrogens with zero attached hydrogens (tertiary/aromatic N) is 3. The van der Waals surface area contributed by atoms with Crippen LogP contribution in [0.5, 0.6) is 0 Å². The smallest absolute Gasteiger partial charge is 0.407 e. The zero-order valence-corrected chi connectivity index (χ0v) is 32.7. The number of amides is 1. The Hall–Kier alpha value is -3.55. The van der Waals surface area contributed by atoms with Gasteiger partial charge in [-0.25, -0.2) is 4.79 Å². The summed E-state index contributed by atoms with van der Waals surface area (Å²) in [7, 11) is 0. The molecule has 0 saturated carbocycles. The number of nitrogens with one attached hydrogen (secondary N) is 1. The third-order valence-electron chi connectivity index (χ3n) is 7.88. The Morgan fingerprint density at radius 2 is 1.47 bits per heavy atom. The van der Waals surface area contributed by atoms with E-state index in [0.717, 1.165) is 31.2 Å². The van der Waals surface area contributed by atoms with Crippen molar-refractivity contribution in [3.8, 4) is 0 Å². The number of thioether (sulfide) groups is 1. The summed E-state index contributed by atoms with van der Waals surface area (Å²) in [6.07, 6.45) is -10.7. The number of rotatable bonds is 15. The molecule has 0 bridgehead atoms. The Kier molecular flexibility index (Phi) is 17.0. The van der Waals surface area contributed by atoms with Crippen molar-refractivity contribution in [2.75, 3.05) is 19.8 Å². The Balaban J connectivity index is 1.70. The monoisotopic (exact) mass is 848 g/mol. The third kappa shape index (κ3) is 13.9. The molecule has 2 aliphatic rings. The summed E-state index contributed by atoms with van der Waals surface area (Å²) in [5, 5.41) is 18.0. The van der Waals surface area contributed by atoms with E-state index in [2.05, 4.69) is 15.3 Å². The summed E-state index contributed by atoms with van der Waals surface area (Å²) in [6, 6.07) is 15.5. The van der Waals surface area contributed by atoms with Gasteiger partial charge in [0.1, 0.15) is 49.0 Å². The first-order valence-electron chi connectivity index (χ1n) is 16.6. The summed E-state index contributed by atoms with van der Waals surface area (Å²) in [5.74, 6) is -2.38. The zero-order chi connectivity index (χ0) is 40.1. The number of esters is 3. The number of carbonyl (C=O) groups is 4. The lowest BCUT2D eigenvalue weighted by molar-refractivity contribution is -0.289. The minimum absolute atomic E-state index is 0.0180. The van der Waals surface area contributed by atoms with E-state index in [0.29, 0.717) is 0 Å². The Morgan fingerprint density at radius 3 is 2.07 bits per heavy atom. The molecule has 2 aromatic rings. The van der Waals surface area contributed by atoms with E-state index in [4.69, 9.17) is 72.7 Å². The van der Waals surface area contributed by atoms with E-state index < -0.39 is 108 Å². The van der Waals surface area contributed by atoms with Gasteiger partial charge < -0.3 is 48.3 Å². The van der Waals surface area contributed by atoms with Crippen molar-refractivity contribution in [3.63, 3.8) is 0 Å². The number of benzene rings is 2. The van der Waals surface area contributed by atoms with Gasteiger partial charge in [0, 0.05) is 30.6 Å². The van der Waals surface area contributed by atoms with E-state index in [1.165, 1.54) is 11.8 Å². The first-order valence-corrected chi connectivity index (χ1v) is 18.7. The second-order valence-corrected chi connectivity index (χ2v) is 15.8. The number of aliphatic hydroxyl groups is 1. The third-order valence-corrected chi connectivity index (χ3v) is 9.38. The largest absolute Gasteiger partial charge is 0.463 e. The van der Waals surface area contributed by atoms with Gasteiger partial charge in [-0.3, -0.25) is 14.4 Å². The van der Waals surface area contributed by atoms with Gasteiger partial charge in [0.2, 0.25) is 3.79 Å². The lowest BCUT2D eigenvalue weighted by Crippen LogP contribution is -2.67. The highest BCUT2D eigenvalue weighted by Crippen LogP contribution is 2.37. The summed E-state index contributed by atoms with van der Waals surface area (Å²) < 4.78 is 44.2. The lowest BCUT2D eigenvalue weighted by Gasteiger charge is -2.46. The molecule has 55 heavy (non-hydrogen) atoms. The van der Waals surface area contributed by atoms with Crippen LogP contribution in [0.3, 0.4) is 0 Å². The van der Waals surface area contributed by atoms with Crippen molar-refractivity contribution in [2.45, 2.75) is 96.5 Å². The van der Waals surface area contributed by atoms with Crippen LogP contribution in [-0.2, 0) is 58.9 Å². The zero-order valence-electron chi connectivity index (χ0n) is 29.6. The fourth-order valence-corrected chi connectivity index (χ4v) is 6.94. The molecular formula is C34H39Cl3N4O13S. The van der Waals surface area contributed by atoms with E-state index >= 15 is 0 Å². The van der Waals surface area contributed by atoms with Crippen molar-refractivity contribution < 1.29 is 62.2 Å². The van der Waals surface area contributed by atoms with E-state index in [1.54, 1.807) is 12.1 Å². The molecule has 2 heterocycles. The molecule has 2 aromatic carbocycles. The number of azide groups is 1.